The molecule has 4 heterocycles. The smallest absolute Gasteiger partial charge is 0.163 e. The molecule has 1 saturated carbocycles. The third-order valence-electron chi connectivity index (χ3n) is 6.65. The van der Waals surface area contributed by atoms with Crippen LogP contribution in [0, 0.1) is 5.92 Å². The minimum Gasteiger partial charge on any atom is -0.384 e. The first-order valence-corrected chi connectivity index (χ1v) is 11.2. The van der Waals surface area contributed by atoms with Crippen molar-refractivity contribution in [3.05, 3.63) is 60.6 Å². The normalized spacial score (nSPS) is 26.5. The number of nitrogen functional groups attached to an aromatic ring is 2. The predicted octanol–water partition coefficient (Wildman–Crippen LogP) is 3.94. The van der Waals surface area contributed by atoms with E-state index in [1.807, 2.05) is 38.2 Å². The van der Waals surface area contributed by atoms with Gasteiger partial charge in [0.2, 0.25) is 0 Å². The van der Waals surface area contributed by atoms with Crippen LogP contribution in [0.3, 0.4) is 0 Å². The molecule has 6 rings (SSSR count). The minimum atomic E-state index is -0.637. The van der Waals surface area contributed by atoms with Crippen molar-refractivity contribution < 1.29 is 9.47 Å². The molecule has 4 N–H and O–H groups in total. The van der Waals surface area contributed by atoms with Gasteiger partial charge in [0, 0.05) is 17.5 Å². The summed E-state index contributed by atoms with van der Waals surface area (Å²) in [6.45, 7) is 3.94. The maximum Gasteiger partial charge on any atom is 0.163 e. The van der Waals surface area contributed by atoms with Gasteiger partial charge in [0.1, 0.15) is 29.7 Å². The Morgan fingerprint density at radius 1 is 1.06 bits per heavy atom. The van der Waals surface area contributed by atoms with Gasteiger partial charge in [0.25, 0.3) is 0 Å². The second kappa shape index (κ2) is 7.26. The van der Waals surface area contributed by atoms with E-state index in [2.05, 4.69) is 49.9 Å². The van der Waals surface area contributed by atoms with E-state index in [0.717, 1.165) is 33.9 Å². The molecule has 4 atom stereocenters. The van der Waals surface area contributed by atoms with Crippen LogP contribution in [0.25, 0.3) is 28.0 Å². The van der Waals surface area contributed by atoms with E-state index in [1.165, 1.54) is 6.33 Å². The van der Waals surface area contributed by atoms with Gasteiger partial charge in [-0.1, -0.05) is 24.3 Å². The van der Waals surface area contributed by atoms with E-state index in [-0.39, 0.29) is 24.2 Å². The Morgan fingerprint density at radius 3 is 2.76 bits per heavy atom. The van der Waals surface area contributed by atoms with Gasteiger partial charge in [-0.15, -0.1) is 0 Å². The molecule has 8 heteroatoms. The quantitative estimate of drug-likeness (QED) is 0.494. The SMILES string of the molecule is CC1(C)O[C@@H]2[C@@H](/C=C/c3ccc4ccc(N)nc4c3)CC(n3ccc4c(N)ncnc43)[C@@H]2O1. The lowest BCUT2D eigenvalue weighted by atomic mass is 10.0. The molecular formula is C25H26N6O2. The molecular weight excluding hydrogens is 416 g/mol. The van der Waals surface area contributed by atoms with Crippen molar-refractivity contribution in [2.24, 2.45) is 5.92 Å². The van der Waals surface area contributed by atoms with Crippen LogP contribution in [0.15, 0.2) is 55.0 Å². The lowest BCUT2D eigenvalue weighted by Crippen LogP contribution is -2.27. The third kappa shape index (κ3) is 3.42. The van der Waals surface area contributed by atoms with Gasteiger partial charge in [-0.05, 0) is 50.1 Å². The largest absolute Gasteiger partial charge is 0.384 e. The fourth-order valence-corrected chi connectivity index (χ4v) is 5.20. The Hall–Kier alpha value is -3.49. The number of hydrogen-bond donors (Lipinski definition) is 2. The first-order valence-electron chi connectivity index (χ1n) is 11.2. The first-order chi connectivity index (χ1) is 15.9. The zero-order valence-electron chi connectivity index (χ0n) is 18.6. The Kier molecular flexibility index (Phi) is 4.43. The van der Waals surface area contributed by atoms with Crippen molar-refractivity contribution in [1.82, 2.24) is 19.5 Å². The average Bonchev–Trinajstić information content (AvgIpc) is 3.43. The molecule has 1 aliphatic carbocycles. The van der Waals surface area contributed by atoms with E-state index >= 15 is 0 Å². The van der Waals surface area contributed by atoms with Gasteiger partial charge in [-0.2, -0.15) is 0 Å². The Bertz CT molecular complexity index is 1390. The summed E-state index contributed by atoms with van der Waals surface area (Å²) in [6.07, 6.45) is 8.63. The van der Waals surface area contributed by atoms with E-state index in [1.54, 1.807) is 0 Å². The fraction of sp³-hybridized carbons (Fsp3) is 0.320. The molecule has 4 aromatic rings. The van der Waals surface area contributed by atoms with E-state index < -0.39 is 5.79 Å². The highest BCUT2D eigenvalue weighted by Gasteiger charge is 2.54. The topological polar surface area (TPSA) is 114 Å². The molecule has 3 aromatic heterocycles. The van der Waals surface area contributed by atoms with Gasteiger partial charge in [-0.25, -0.2) is 15.0 Å². The van der Waals surface area contributed by atoms with E-state index in [9.17, 15) is 0 Å². The van der Waals surface area contributed by atoms with Gasteiger partial charge in [-0.3, -0.25) is 0 Å². The molecule has 0 bridgehead atoms. The van der Waals surface area contributed by atoms with Crippen molar-refractivity contribution in [3.63, 3.8) is 0 Å². The maximum atomic E-state index is 6.37. The summed E-state index contributed by atoms with van der Waals surface area (Å²) in [7, 11) is 0. The summed E-state index contributed by atoms with van der Waals surface area (Å²) < 4.78 is 14.9. The number of anilines is 2. The van der Waals surface area contributed by atoms with Gasteiger partial charge in [0.05, 0.1) is 23.0 Å². The summed E-state index contributed by atoms with van der Waals surface area (Å²) in [5.74, 6) is 0.552. The van der Waals surface area contributed by atoms with Crippen LogP contribution in [0.1, 0.15) is 31.9 Å². The molecule has 0 amide bonds. The van der Waals surface area contributed by atoms with Crippen molar-refractivity contribution in [1.29, 1.82) is 0 Å². The highest BCUT2D eigenvalue weighted by molar-refractivity contribution is 5.86. The molecule has 0 spiro atoms. The van der Waals surface area contributed by atoms with Crippen molar-refractivity contribution in [2.45, 2.75) is 44.3 Å². The first kappa shape index (κ1) is 20.1. The number of nitrogens with two attached hydrogens (primary N) is 2. The standard InChI is InChI=1S/C25H26N6O2/c1-25(2)32-21-16(6-4-14-3-5-15-7-8-20(26)30-18(15)11-14)12-19(22(21)33-25)31-10-9-17-23(27)28-13-29-24(17)31/h3-11,13,16,19,21-22H,12H2,1-2H3,(H2,26,30)(H2,27,28,29)/b6-4+/t16-,19?,21+,22-/m0/s1. The highest BCUT2D eigenvalue weighted by atomic mass is 16.8. The van der Waals surface area contributed by atoms with Crippen molar-refractivity contribution in [2.75, 3.05) is 11.5 Å². The van der Waals surface area contributed by atoms with Gasteiger partial charge in [0.15, 0.2) is 5.79 Å². The van der Waals surface area contributed by atoms with Crippen LogP contribution in [0.4, 0.5) is 11.6 Å². The molecule has 1 saturated heterocycles. The number of rotatable bonds is 3. The molecule has 1 unspecified atom stereocenters. The number of pyridine rings is 1. The minimum absolute atomic E-state index is 0.0490. The second-order valence-electron chi connectivity index (χ2n) is 9.30. The lowest BCUT2D eigenvalue weighted by Gasteiger charge is -2.24. The number of fused-ring (bicyclic) bond motifs is 3. The van der Waals surface area contributed by atoms with E-state index in [0.29, 0.717) is 11.6 Å². The molecule has 2 fully saturated rings. The number of ether oxygens (including phenoxy) is 2. The molecule has 0 radical (unpaired) electrons. The van der Waals surface area contributed by atoms with E-state index in [4.69, 9.17) is 20.9 Å². The van der Waals surface area contributed by atoms with Crippen LogP contribution in [-0.4, -0.2) is 37.5 Å². The molecule has 8 nitrogen and oxygen atoms in total. The molecule has 2 aliphatic rings. The molecule has 1 aliphatic heterocycles. The maximum absolute atomic E-state index is 6.37. The van der Waals surface area contributed by atoms with Crippen LogP contribution < -0.4 is 11.5 Å². The summed E-state index contributed by atoms with van der Waals surface area (Å²) in [5.41, 5.74) is 14.7. The molecule has 168 valence electrons. The van der Waals surface area contributed by atoms with Gasteiger partial charge < -0.3 is 25.5 Å². The average molecular weight is 443 g/mol. The van der Waals surface area contributed by atoms with Crippen LogP contribution in [0.5, 0.6) is 0 Å². The molecule has 1 aromatic carbocycles. The zero-order chi connectivity index (χ0) is 22.7. The Balaban J connectivity index is 1.33. The van der Waals surface area contributed by atoms with Crippen LogP contribution in [-0.2, 0) is 9.47 Å². The lowest BCUT2D eigenvalue weighted by molar-refractivity contribution is -0.158. The summed E-state index contributed by atoms with van der Waals surface area (Å²) >= 11 is 0. The summed E-state index contributed by atoms with van der Waals surface area (Å²) in [6, 6.07) is 12.1. The predicted molar refractivity (Wildman–Crippen MR) is 128 cm³/mol. The highest BCUT2D eigenvalue weighted by Crippen LogP contribution is 2.48. The fourth-order valence-electron chi connectivity index (χ4n) is 5.20. The Morgan fingerprint density at radius 2 is 1.88 bits per heavy atom. The summed E-state index contributed by atoms with van der Waals surface area (Å²) in [4.78, 5) is 13.1. The van der Waals surface area contributed by atoms with Crippen molar-refractivity contribution in [3.8, 4) is 0 Å². The van der Waals surface area contributed by atoms with Gasteiger partial charge >= 0.3 is 0 Å². The third-order valence-corrected chi connectivity index (χ3v) is 6.65. The number of benzene rings is 1. The Labute approximate surface area is 191 Å². The summed E-state index contributed by atoms with van der Waals surface area (Å²) in [5, 5.41) is 1.92. The monoisotopic (exact) mass is 442 g/mol. The zero-order valence-corrected chi connectivity index (χ0v) is 18.6. The number of hydrogen-bond acceptors (Lipinski definition) is 7. The number of nitrogens with zero attached hydrogens (tertiary/aromatic N) is 4. The second-order valence-corrected chi connectivity index (χ2v) is 9.30. The van der Waals surface area contributed by atoms with Crippen molar-refractivity contribution >= 4 is 39.6 Å². The van der Waals surface area contributed by atoms with Crippen LogP contribution in [0.2, 0.25) is 0 Å². The molecule has 33 heavy (non-hydrogen) atoms. The van der Waals surface area contributed by atoms with Crippen LogP contribution >= 0.6 is 0 Å². The number of aromatic nitrogens is 4.